The van der Waals surface area contributed by atoms with Crippen LogP contribution in [0.1, 0.15) is 64.2 Å². The Balaban J connectivity index is 0. The number of carboxylic acids is 1. The molecule has 0 fully saturated rings. The van der Waals surface area contributed by atoms with E-state index >= 15 is 0 Å². The SMILES string of the molecule is NCCCCCCCCCCCC(=O)[O-].[Na+]. The molecule has 0 aliphatic carbocycles. The van der Waals surface area contributed by atoms with E-state index in [-0.39, 0.29) is 36.0 Å². The molecule has 90 valence electrons. The molecule has 0 spiro atoms. The van der Waals surface area contributed by atoms with Crippen LogP contribution in [0.3, 0.4) is 0 Å². The zero-order valence-electron chi connectivity index (χ0n) is 10.7. The van der Waals surface area contributed by atoms with E-state index in [2.05, 4.69) is 0 Å². The number of aliphatic carboxylic acids is 1. The van der Waals surface area contributed by atoms with E-state index in [1.54, 1.807) is 0 Å². The van der Waals surface area contributed by atoms with Gasteiger partial charge in [0.1, 0.15) is 0 Å². The average Bonchev–Trinajstić information content (AvgIpc) is 2.20. The molecule has 3 nitrogen and oxygen atoms in total. The Labute approximate surface area is 121 Å². The van der Waals surface area contributed by atoms with Crippen molar-refractivity contribution in [1.82, 2.24) is 0 Å². The summed E-state index contributed by atoms with van der Waals surface area (Å²) in [7, 11) is 0. The van der Waals surface area contributed by atoms with Crippen molar-refractivity contribution in [2.75, 3.05) is 6.54 Å². The number of carboxylic acid groups (broad SMARTS) is 1. The number of unbranched alkanes of at least 4 members (excludes halogenated alkanes) is 8. The summed E-state index contributed by atoms with van der Waals surface area (Å²) in [6, 6.07) is 0. The summed E-state index contributed by atoms with van der Waals surface area (Å²) in [6.45, 7) is 0.809. The van der Waals surface area contributed by atoms with Gasteiger partial charge in [-0.05, 0) is 25.8 Å². The van der Waals surface area contributed by atoms with Crippen LogP contribution in [0.5, 0.6) is 0 Å². The van der Waals surface area contributed by atoms with Gasteiger partial charge in [-0.2, -0.15) is 0 Å². The fraction of sp³-hybridized carbons (Fsp3) is 0.917. The van der Waals surface area contributed by atoms with Gasteiger partial charge in [0, 0.05) is 5.97 Å². The third kappa shape index (κ3) is 16.8. The summed E-state index contributed by atoms with van der Waals surface area (Å²) in [4.78, 5) is 10.1. The number of carbonyl (C=O) groups is 1. The van der Waals surface area contributed by atoms with Crippen molar-refractivity contribution in [2.24, 2.45) is 5.73 Å². The Morgan fingerprint density at radius 3 is 1.56 bits per heavy atom. The Morgan fingerprint density at radius 1 is 0.812 bits per heavy atom. The predicted octanol–water partition coefficient (Wildman–Crippen LogP) is -1.40. The molecule has 0 amide bonds. The maximum absolute atomic E-state index is 10.1. The van der Waals surface area contributed by atoms with E-state index in [1.807, 2.05) is 0 Å². The summed E-state index contributed by atoms with van der Waals surface area (Å²) in [5.41, 5.74) is 5.40. The van der Waals surface area contributed by atoms with Gasteiger partial charge in [0.05, 0.1) is 0 Å². The molecule has 0 bridgehead atoms. The smallest absolute Gasteiger partial charge is 0.550 e. The number of nitrogens with two attached hydrogens (primary N) is 1. The van der Waals surface area contributed by atoms with E-state index in [9.17, 15) is 9.90 Å². The number of carbonyl (C=O) groups excluding carboxylic acids is 1. The summed E-state index contributed by atoms with van der Waals surface area (Å²) in [5, 5.41) is 10.1. The molecule has 0 rings (SSSR count). The van der Waals surface area contributed by atoms with Crippen LogP contribution in [-0.2, 0) is 4.79 Å². The van der Waals surface area contributed by atoms with Gasteiger partial charge in [0.2, 0.25) is 0 Å². The molecule has 16 heavy (non-hydrogen) atoms. The van der Waals surface area contributed by atoms with E-state index < -0.39 is 5.97 Å². The minimum atomic E-state index is -0.920. The van der Waals surface area contributed by atoms with Crippen LogP contribution in [-0.4, -0.2) is 12.5 Å². The van der Waals surface area contributed by atoms with Gasteiger partial charge in [-0.3, -0.25) is 0 Å². The zero-order chi connectivity index (χ0) is 11.4. The molecule has 0 aliphatic heterocycles. The van der Waals surface area contributed by atoms with Crippen LogP contribution in [0.15, 0.2) is 0 Å². The van der Waals surface area contributed by atoms with Crippen molar-refractivity contribution in [3.63, 3.8) is 0 Å². The first-order chi connectivity index (χ1) is 7.27. The van der Waals surface area contributed by atoms with Crippen molar-refractivity contribution in [2.45, 2.75) is 64.2 Å². The molecular formula is C12H24NNaO2. The molecule has 0 saturated carbocycles. The Kier molecular flexibility index (Phi) is 18.1. The molecule has 0 unspecified atom stereocenters. The van der Waals surface area contributed by atoms with Crippen LogP contribution < -0.4 is 40.4 Å². The van der Waals surface area contributed by atoms with Gasteiger partial charge in [0.15, 0.2) is 0 Å². The molecule has 0 aromatic rings. The maximum Gasteiger partial charge on any atom is 1.00 e. The number of hydrogen-bond acceptors (Lipinski definition) is 3. The monoisotopic (exact) mass is 237 g/mol. The molecule has 2 N–H and O–H groups in total. The molecule has 4 heteroatoms. The predicted molar refractivity (Wildman–Crippen MR) is 60.2 cm³/mol. The third-order valence-electron chi connectivity index (χ3n) is 2.59. The first kappa shape index (κ1) is 18.8. The van der Waals surface area contributed by atoms with E-state index in [4.69, 9.17) is 5.73 Å². The van der Waals surface area contributed by atoms with E-state index in [0.717, 1.165) is 32.2 Å². The molecule has 0 atom stereocenters. The van der Waals surface area contributed by atoms with Crippen LogP contribution >= 0.6 is 0 Å². The van der Waals surface area contributed by atoms with Gasteiger partial charge < -0.3 is 15.6 Å². The molecule has 0 saturated heterocycles. The van der Waals surface area contributed by atoms with Crippen LogP contribution in [0, 0.1) is 0 Å². The molecule has 0 aliphatic rings. The minimum absolute atomic E-state index is 0. The summed E-state index contributed by atoms with van der Waals surface area (Å²) in [5.74, 6) is -0.920. The topological polar surface area (TPSA) is 66.2 Å². The molecule has 0 radical (unpaired) electrons. The summed E-state index contributed by atoms with van der Waals surface area (Å²) in [6.07, 6.45) is 10.7. The van der Waals surface area contributed by atoms with Crippen molar-refractivity contribution in [3.05, 3.63) is 0 Å². The summed E-state index contributed by atoms with van der Waals surface area (Å²) >= 11 is 0. The minimum Gasteiger partial charge on any atom is -0.550 e. The Hall–Kier alpha value is 0.430. The van der Waals surface area contributed by atoms with E-state index in [0.29, 0.717) is 0 Å². The zero-order valence-corrected chi connectivity index (χ0v) is 12.7. The molecule has 0 aromatic heterocycles. The summed E-state index contributed by atoms with van der Waals surface area (Å²) < 4.78 is 0. The molecular weight excluding hydrogens is 213 g/mol. The quantitative estimate of drug-likeness (QED) is 0.355. The number of hydrogen-bond donors (Lipinski definition) is 1. The van der Waals surface area contributed by atoms with Crippen LogP contribution in [0.25, 0.3) is 0 Å². The van der Waals surface area contributed by atoms with Gasteiger partial charge in [-0.1, -0.05) is 44.9 Å². The van der Waals surface area contributed by atoms with Crippen molar-refractivity contribution in [1.29, 1.82) is 0 Å². The average molecular weight is 237 g/mol. The van der Waals surface area contributed by atoms with Crippen molar-refractivity contribution < 1.29 is 39.5 Å². The van der Waals surface area contributed by atoms with Crippen molar-refractivity contribution in [3.8, 4) is 0 Å². The van der Waals surface area contributed by atoms with Gasteiger partial charge >= 0.3 is 29.6 Å². The van der Waals surface area contributed by atoms with Crippen molar-refractivity contribution >= 4 is 5.97 Å². The first-order valence-corrected chi connectivity index (χ1v) is 6.17. The first-order valence-electron chi connectivity index (χ1n) is 6.17. The standard InChI is InChI=1S/C12H25NO2.Na/c13-11-9-7-5-3-1-2-4-6-8-10-12(14)15;/h1-11,13H2,(H,14,15);/q;+1/p-1. The van der Waals surface area contributed by atoms with Gasteiger partial charge in [0.25, 0.3) is 0 Å². The normalized spacial score (nSPS) is 9.81. The fourth-order valence-corrected chi connectivity index (χ4v) is 1.65. The second-order valence-electron chi connectivity index (χ2n) is 4.09. The maximum atomic E-state index is 10.1. The Bertz CT molecular complexity index is 154. The second kappa shape index (κ2) is 15.4. The van der Waals surface area contributed by atoms with Gasteiger partial charge in [-0.15, -0.1) is 0 Å². The van der Waals surface area contributed by atoms with Gasteiger partial charge in [-0.25, -0.2) is 0 Å². The van der Waals surface area contributed by atoms with E-state index in [1.165, 1.54) is 32.1 Å². The second-order valence-corrected chi connectivity index (χ2v) is 4.09. The Morgan fingerprint density at radius 2 is 1.19 bits per heavy atom. The fourth-order valence-electron chi connectivity index (χ4n) is 1.65. The largest absolute Gasteiger partial charge is 1.00 e. The number of rotatable bonds is 11. The van der Waals surface area contributed by atoms with Crippen LogP contribution in [0.4, 0.5) is 0 Å². The van der Waals surface area contributed by atoms with Crippen LogP contribution in [0.2, 0.25) is 0 Å². The molecule has 0 aromatic carbocycles. The third-order valence-corrected chi connectivity index (χ3v) is 2.59. The molecule has 0 heterocycles.